The highest BCUT2D eigenvalue weighted by Crippen LogP contribution is 2.25. The van der Waals surface area contributed by atoms with Crippen molar-refractivity contribution in [1.82, 2.24) is 15.1 Å². The molecule has 1 N–H and O–H groups in total. The van der Waals surface area contributed by atoms with Gasteiger partial charge in [0.15, 0.2) is 0 Å². The summed E-state index contributed by atoms with van der Waals surface area (Å²) in [6, 6.07) is 11.0. The van der Waals surface area contributed by atoms with Crippen LogP contribution >= 0.6 is 0 Å². The lowest BCUT2D eigenvalue weighted by Gasteiger charge is -2.36. The molecule has 0 aromatic heterocycles. The summed E-state index contributed by atoms with van der Waals surface area (Å²) in [6.07, 6.45) is 5.16. The second kappa shape index (κ2) is 6.94. The van der Waals surface area contributed by atoms with Crippen LogP contribution in [0, 0.1) is 0 Å². The Morgan fingerprint density at radius 2 is 1.86 bits per heavy atom. The van der Waals surface area contributed by atoms with E-state index < -0.39 is 0 Å². The maximum absolute atomic E-state index is 12.3. The van der Waals surface area contributed by atoms with Gasteiger partial charge < -0.3 is 10.2 Å². The van der Waals surface area contributed by atoms with Crippen molar-refractivity contribution >= 4 is 6.03 Å². The van der Waals surface area contributed by atoms with E-state index in [2.05, 4.69) is 10.2 Å². The molecule has 1 aromatic carbocycles. The van der Waals surface area contributed by atoms with Gasteiger partial charge in [0, 0.05) is 38.8 Å². The Hall–Kier alpha value is -1.55. The molecule has 114 valence electrons. The molecule has 4 nitrogen and oxygen atoms in total. The molecular formula is C17H25N3O. The fraction of sp³-hybridized carbons (Fsp3) is 0.588. The van der Waals surface area contributed by atoms with Crippen LogP contribution in [0.2, 0.25) is 0 Å². The SMILES string of the molecule is O=C(NCc1ccccc1)N1CCCN(C2CCC2)CC1. The Labute approximate surface area is 127 Å². The molecule has 0 atom stereocenters. The second-order valence-corrected chi connectivity index (χ2v) is 6.11. The molecule has 2 aliphatic rings. The van der Waals surface area contributed by atoms with Crippen LogP contribution in [0.1, 0.15) is 31.2 Å². The molecule has 4 heteroatoms. The summed E-state index contributed by atoms with van der Waals surface area (Å²) in [5, 5.41) is 3.04. The summed E-state index contributed by atoms with van der Waals surface area (Å²) >= 11 is 0. The summed E-state index contributed by atoms with van der Waals surface area (Å²) in [5.41, 5.74) is 1.15. The summed E-state index contributed by atoms with van der Waals surface area (Å²) in [7, 11) is 0. The zero-order valence-electron chi connectivity index (χ0n) is 12.6. The highest BCUT2D eigenvalue weighted by Gasteiger charge is 2.27. The van der Waals surface area contributed by atoms with E-state index in [0.717, 1.165) is 44.2 Å². The number of benzene rings is 1. The maximum Gasteiger partial charge on any atom is 0.317 e. The number of rotatable bonds is 3. The fourth-order valence-corrected chi connectivity index (χ4v) is 3.14. The van der Waals surface area contributed by atoms with Crippen molar-refractivity contribution in [3.05, 3.63) is 35.9 Å². The van der Waals surface area contributed by atoms with Gasteiger partial charge in [0.05, 0.1) is 0 Å². The van der Waals surface area contributed by atoms with Crippen LogP contribution in [0.15, 0.2) is 30.3 Å². The number of urea groups is 1. The molecule has 0 spiro atoms. The van der Waals surface area contributed by atoms with Gasteiger partial charge in [-0.3, -0.25) is 4.90 Å². The first-order valence-electron chi connectivity index (χ1n) is 8.14. The van der Waals surface area contributed by atoms with Crippen molar-refractivity contribution in [1.29, 1.82) is 0 Å². The molecule has 0 radical (unpaired) electrons. The zero-order valence-corrected chi connectivity index (χ0v) is 12.6. The lowest BCUT2D eigenvalue weighted by molar-refractivity contribution is 0.131. The predicted molar refractivity (Wildman–Crippen MR) is 84.1 cm³/mol. The molecule has 3 rings (SSSR count). The Kier molecular flexibility index (Phi) is 4.76. The van der Waals surface area contributed by atoms with Crippen molar-refractivity contribution in [2.45, 2.75) is 38.3 Å². The van der Waals surface area contributed by atoms with Crippen LogP contribution in [-0.2, 0) is 6.54 Å². The van der Waals surface area contributed by atoms with Crippen LogP contribution in [0.4, 0.5) is 4.79 Å². The highest BCUT2D eigenvalue weighted by molar-refractivity contribution is 5.74. The third-order valence-corrected chi connectivity index (χ3v) is 4.70. The van der Waals surface area contributed by atoms with Crippen molar-refractivity contribution in [3.63, 3.8) is 0 Å². The van der Waals surface area contributed by atoms with Gasteiger partial charge in [0.2, 0.25) is 0 Å². The zero-order chi connectivity index (χ0) is 14.5. The van der Waals surface area contributed by atoms with E-state index in [0.29, 0.717) is 6.54 Å². The first-order valence-corrected chi connectivity index (χ1v) is 8.14. The van der Waals surface area contributed by atoms with Gasteiger partial charge in [0.25, 0.3) is 0 Å². The van der Waals surface area contributed by atoms with Crippen molar-refractivity contribution in [3.8, 4) is 0 Å². The minimum atomic E-state index is 0.0781. The smallest absolute Gasteiger partial charge is 0.317 e. The number of nitrogens with one attached hydrogen (secondary N) is 1. The lowest BCUT2D eigenvalue weighted by atomic mass is 9.91. The van der Waals surface area contributed by atoms with Gasteiger partial charge in [-0.2, -0.15) is 0 Å². The molecular weight excluding hydrogens is 262 g/mol. The number of nitrogens with zero attached hydrogens (tertiary/aromatic N) is 2. The molecule has 1 aliphatic carbocycles. The van der Waals surface area contributed by atoms with Gasteiger partial charge in [-0.15, -0.1) is 0 Å². The summed E-state index contributed by atoms with van der Waals surface area (Å²) in [6.45, 7) is 4.53. The van der Waals surface area contributed by atoms with Crippen molar-refractivity contribution in [2.24, 2.45) is 0 Å². The van der Waals surface area contributed by atoms with Gasteiger partial charge in [-0.05, 0) is 24.8 Å². The van der Waals surface area contributed by atoms with E-state index >= 15 is 0 Å². The summed E-state index contributed by atoms with van der Waals surface area (Å²) < 4.78 is 0. The van der Waals surface area contributed by atoms with E-state index in [4.69, 9.17) is 0 Å². The highest BCUT2D eigenvalue weighted by atomic mass is 16.2. The van der Waals surface area contributed by atoms with E-state index in [9.17, 15) is 4.79 Å². The van der Waals surface area contributed by atoms with E-state index in [1.54, 1.807) is 0 Å². The number of hydrogen-bond acceptors (Lipinski definition) is 2. The number of carbonyl (C=O) groups excluding carboxylic acids is 1. The maximum atomic E-state index is 12.3. The van der Waals surface area contributed by atoms with E-state index in [1.165, 1.54) is 19.3 Å². The predicted octanol–water partition coefficient (Wildman–Crippen LogP) is 2.46. The van der Waals surface area contributed by atoms with Crippen LogP contribution in [0.3, 0.4) is 0 Å². The molecule has 1 saturated heterocycles. The van der Waals surface area contributed by atoms with E-state index in [-0.39, 0.29) is 6.03 Å². The molecule has 2 fully saturated rings. The van der Waals surface area contributed by atoms with Gasteiger partial charge >= 0.3 is 6.03 Å². The Morgan fingerprint density at radius 1 is 1.05 bits per heavy atom. The topological polar surface area (TPSA) is 35.6 Å². The van der Waals surface area contributed by atoms with Crippen molar-refractivity contribution < 1.29 is 4.79 Å². The van der Waals surface area contributed by atoms with Crippen molar-refractivity contribution in [2.75, 3.05) is 26.2 Å². The molecule has 2 amide bonds. The Morgan fingerprint density at radius 3 is 2.57 bits per heavy atom. The average molecular weight is 287 g/mol. The minimum Gasteiger partial charge on any atom is -0.334 e. The molecule has 1 saturated carbocycles. The first-order chi connectivity index (χ1) is 10.3. The molecule has 1 aliphatic heterocycles. The molecule has 21 heavy (non-hydrogen) atoms. The fourth-order valence-electron chi connectivity index (χ4n) is 3.14. The summed E-state index contributed by atoms with van der Waals surface area (Å²) in [5.74, 6) is 0. The van der Waals surface area contributed by atoms with Crippen LogP contribution in [-0.4, -0.2) is 48.1 Å². The normalized spacial score (nSPS) is 20.7. The third kappa shape index (κ3) is 3.76. The third-order valence-electron chi connectivity index (χ3n) is 4.70. The first kappa shape index (κ1) is 14.4. The Balaban J connectivity index is 1.46. The monoisotopic (exact) mass is 287 g/mol. The standard InChI is InChI=1S/C17H25N3O/c21-17(18-14-15-6-2-1-3-7-15)20-11-5-10-19(12-13-20)16-8-4-9-16/h1-3,6-7,16H,4-5,8-14H2,(H,18,21). The lowest BCUT2D eigenvalue weighted by Crippen LogP contribution is -2.44. The van der Waals surface area contributed by atoms with Crippen LogP contribution < -0.4 is 5.32 Å². The second-order valence-electron chi connectivity index (χ2n) is 6.11. The molecule has 0 bridgehead atoms. The number of amides is 2. The number of carbonyl (C=O) groups is 1. The summed E-state index contributed by atoms with van der Waals surface area (Å²) in [4.78, 5) is 16.8. The Bertz CT molecular complexity index is 458. The van der Waals surface area contributed by atoms with E-state index in [1.807, 2.05) is 35.2 Å². The molecule has 0 unspecified atom stereocenters. The van der Waals surface area contributed by atoms with Gasteiger partial charge in [-0.25, -0.2) is 4.79 Å². The molecule has 1 heterocycles. The quantitative estimate of drug-likeness (QED) is 0.927. The average Bonchev–Trinajstić information content (AvgIpc) is 2.70. The largest absolute Gasteiger partial charge is 0.334 e. The van der Waals surface area contributed by atoms with Crippen LogP contribution in [0.25, 0.3) is 0 Å². The van der Waals surface area contributed by atoms with Crippen LogP contribution in [0.5, 0.6) is 0 Å². The van der Waals surface area contributed by atoms with Gasteiger partial charge in [-0.1, -0.05) is 36.8 Å². The van der Waals surface area contributed by atoms with Gasteiger partial charge in [0.1, 0.15) is 0 Å². The molecule has 1 aromatic rings. The number of hydrogen-bond donors (Lipinski definition) is 1. The minimum absolute atomic E-state index is 0.0781.